The van der Waals surface area contributed by atoms with Gasteiger partial charge in [0.25, 0.3) is 0 Å². The van der Waals surface area contributed by atoms with Crippen molar-refractivity contribution in [3.63, 3.8) is 0 Å². The van der Waals surface area contributed by atoms with Gasteiger partial charge < -0.3 is 15.4 Å². The fraction of sp³-hybridized carbons (Fsp3) is 0.300. The van der Waals surface area contributed by atoms with Gasteiger partial charge in [0.15, 0.2) is 0 Å². The predicted octanol–water partition coefficient (Wildman–Crippen LogP) is 3.58. The van der Waals surface area contributed by atoms with Gasteiger partial charge in [-0.05, 0) is 56.7 Å². The summed E-state index contributed by atoms with van der Waals surface area (Å²) in [6.45, 7) is 3.82. The van der Waals surface area contributed by atoms with Crippen molar-refractivity contribution in [2.75, 3.05) is 5.32 Å². The molecule has 2 N–H and O–H groups in total. The third-order valence-electron chi connectivity index (χ3n) is 4.00. The van der Waals surface area contributed by atoms with Crippen LogP contribution in [-0.2, 0) is 9.59 Å². The minimum atomic E-state index is -0.237. The van der Waals surface area contributed by atoms with Crippen LogP contribution in [0.4, 0.5) is 5.69 Å². The summed E-state index contributed by atoms with van der Waals surface area (Å²) in [4.78, 5) is 24.1. The van der Waals surface area contributed by atoms with E-state index in [0.29, 0.717) is 17.9 Å². The summed E-state index contributed by atoms with van der Waals surface area (Å²) in [5.74, 6) is 0.866. The molecule has 2 aromatic rings. The molecule has 3 rings (SSSR count). The van der Waals surface area contributed by atoms with Crippen molar-refractivity contribution in [2.24, 2.45) is 11.8 Å². The average Bonchev–Trinajstić information content (AvgIpc) is 3.38. The molecule has 5 heteroatoms. The molecule has 5 nitrogen and oxygen atoms in total. The normalized spacial score (nSPS) is 18.5. The molecule has 25 heavy (non-hydrogen) atoms. The minimum Gasteiger partial charge on any atom is -0.457 e. The lowest BCUT2D eigenvalue weighted by atomic mass is 10.2. The quantitative estimate of drug-likeness (QED) is 0.846. The van der Waals surface area contributed by atoms with Crippen molar-refractivity contribution in [3.05, 3.63) is 54.6 Å². The van der Waals surface area contributed by atoms with Crippen LogP contribution in [0.15, 0.2) is 54.6 Å². The fourth-order valence-electron chi connectivity index (χ4n) is 2.63. The second-order valence-corrected chi connectivity index (χ2v) is 6.54. The van der Waals surface area contributed by atoms with E-state index in [1.165, 1.54) is 0 Å². The minimum absolute atomic E-state index is 0.0400. The molecule has 130 valence electrons. The highest BCUT2D eigenvalue weighted by molar-refractivity contribution is 5.99. The van der Waals surface area contributed by atoms with E-state index in [1.807, 2.05) is 44.2 Å². The summed E-state index contributed by atoms with van der Waals surface area (Å²) < 4.78 is 5.72. The van der Waals surface area contributed by atoms with Gasteiger partial charge in [0.1, 0.15) is 11.5 Å². The van der Waals surface area contributed by atoms with Gasteiger partial charge in [-0.15, -0.1) is 0 Å². The van der Waals surface area contributed by atoms with Gasteiger partial charge in [0.2, 0.25) is 11.8 Å². The molecular weight excluding hydrogens is 316 g/mol. The van der Waals surface area contributed by atoms with E-state index in [1.54, 1.807) is 24.3 Å². The zero-order chi connectivity index (χ0) is 17.8. The number of amides is 2. The first-order valence-electron chi connectivity index (χ1n) is 8.47. The van der Waals surface area contributed by atoms with Gasteiger partial charge in [-0.3, -0.25) is 9.59 Å². The van der Waals surface area contributed by atoms with Crippen LogP contribution in [0.25, 0.3) is 0 Å². The van der Waals surface area contributed by atoms with Gasteiger partial charge in [-0.25, -0.2) is 0 Å². The maximum Gasteiger partial charge on any atom is 0.228 e. The van der Waals surface area contributed by atoms with Gasteiger partial charge in [-0.1, -0.05) is 18.2 Å². The van der Waals surface area contributed by atoms with Crippen molar-refractivity contribution in [1.82, 2.24) is 5.32 Å². The van der Waals surface area contributed by atoms with Gasteiger partial charge in [0.05, 0.1) is 11.8 Å². The number of ether oxygens (including phenoxy) is 1. The molecule has 2 atom stereocenters. The van der Waals surface area contributed by atoms with E-state index in [-0.39, 0.29) is 29.7 Å². The van der Waals surface area contributed by atoms with E-state index < -0.39 is 0 Å². The van der Waals surface area contributed by atoms with Gasteiger partial charge in [-0.2, -0.15) is 0 Å². The standard InChI is InChI=1S/C20H22N2O3/c1-13(2)21-19(23)17-12-18(17)20(24)22-14-8-10-16(11-9-14)25-15-6-4-3-5-7-15/h3-11,13,17-18H,12H2,1-2H3,(H,21,23)(H,22,24). The molecule has 2 unspecified atom stereocenters. The largest absolute Gasteiger partial charge is 0.457 e. The molecule has 2 amide bonds. The summed E-state index contributed by atoms with van der Waals surface area (Å²) in [7, 11) is 0. The summed E-state index contributed by atoms with van der Waals surface area (Å²) in [5, 5.41) is 5.71. The molecule has 0 bridgehead atoms. The summed E-state index contributed by atoms with van der Waals surface area (Å²) >= 11 is 0. The second-order valence-electron chi connectivity index (χ2n) is 6.54. The number of benzene rings is 2. The summed E-state index contributed by atoms with van der Waals surface area (Å²) in [6.07, 6.45) is 0.611. The highest BCUT2D eigenvalue weighted by Crippen LogP contribution is 2.39. The molecule has 0 heterocycles. The van der Waals surface area contributed by atoms with Gasteiger partial charge >= 0.3 is 0 Å². The molecule has 0 aliphatic heterocycles. The first kappa shape index (κ1) is 17.0. The summed E-state index contributed by atoms with van der Waals surface area (Å²) in [6, 6.07) is 16.8. The topological polar surface area (TPSA) is 67.4 Å². The molecule has 1 aliphatic rings. The number of hydrogen-bond acceptors (Lipinski definition) is 3. The Labute approximate surface area is 147 Å². The maximum absolute atomic E-state index is 12.2. The van der Waals surface area contributed by atoms with Crippen LogP contribution in [0.3, 0.4) is 0 Å². The number of nitrogens with one attached hydrogen (secondary N) is 2. The zero-order valence-corrected chi connectivity index (χ0v) is 14.4. The summed E-state index contributed by atoms with van der Waals surface area (Å²) in [5.41, 5.74) is 0.695. The Morgan fingerprint density at radius 3 is 2.16 bits per heavy atom. The molecule has 0 radical (unpaired) electrons. The van der Waals surface area contributed by atoms with Crippen molar-refractivity contribution in [2.45, 2.75) is 26.3 Å². The van der Waals surface area contributed by atoms with Crippen molar-refractivity contribution >= 4 is 17.5 Å². The predicted molar refractivity (Wildman–Crippen MR) is 96.5 cm³/mol. The molecule has 0 saturated heterocycles. The molecule has 1 aliphatic carbocycles. The van der Waals surface area contributed by atoms with Crippen molar-refractivity contribution in [3.8, 4) is 11.5 Å². The van der Waals surface area contributed by atoms with Crippen LogP contribution in [-0.4, -0.2) is 17.9 Å². The molecule has 1 fully saturated rings. The highest BCUT2D eigenvalue weighted by atomic mass is 16.5. The number of carbonyl (C=O) groups is 2. The van der Waals surface area contributed by atoms with E-state index in [0.717, 1.165) is 5.75 Å². The Kier molecular flexibility index (Phi) is 5.03. The Morgan fingerprint density at radius 2 is 1.52 bits per heavy atom. The number of para-hydroxylation sites is 1. The Hall–Kier alpha value is -2.82. The lowest BCUT2D eigenvalue weighted by Crippen LogP contribution is -2.32. The van der Waals surface area contributed by atoms with Gasteiger partial charge in [0, 0.05) is 11.7 Å². The van der Waals surface area contributed by atoms with Crippen molar-refractivity contribution < 1.29 is 14.3 Å². The number of anilines is 1. The number of rotatable bonds is 6. The number of hydrogen-bond donors (Lipinski definition) is 2. The van der Waals surface area contributed by atoms with Crippen LogP contribution in [0.1, 0.15) is 20.3 Å². The van der Waals surface area contributed by atoms with E-state index in [9.17, 15) is 9.59 Å². The molecular formula is C20H22N2O3. The second kappa shape index (κ2) is 7.38. The lowest BCUT2D eigenvalue weighted by molar-refractivity contribution is -0.125. The molecule has 2 aromatic carbocycles. The van der Waals surface area contributed by atoms with Crippen LogP contribution in [0, 0.1) is 11.8 Å². The van der Waals surface area contributed by atoms with E-state index in [2.05, 4.69) is 10.6 Å². The lowest BCUT2D eigenvalue weighted by Gasteiger charge is -2.09. The first-order chi connectivity index (χ1) is 12.0. The zero-order valence-electron chi connectivity index (χ0n) is 14.4. The Bertz CT molecular complexity index is 741. The molecule has 0 aromatic heterocycles. The fourth-order valence-corrected chi connectivity index (χ4v) is 2.63. The molecule has 1 saturated carbocycles. The third kappa shape index (κ3) is 4.59. The maximum atomic E-state index is 12.2. The monoisotopic (exact) mass is 338 g/mol. The van der Waals surface area contributed by atoms with E-state index >= 15 is 0 Å². The first-order valence-corrected chi connectivity index (χ1v) is 8.47. The van der Waals surface area contributed by atoms with Crippen LogP contribution < -0.4 is 15.4 Å². The Morgan fingerprint density at radius 1 is 0.920 bits per heavy atom. The SMILES string of the molecule is CC(C)NC(=O)C1CC1C(=O)Nc1ccc(Oc2ccccc2)cc1. The van der Waals surface area contributed by atoms with E-state index in [4.69, 9.17) is 4.74 Å². The number of carbonyl (C=O) groups excluding carboxylic acids is 2. The van der Waals surface area contributed by atoms with Crippen LogP contribution in [0.5, 0.6) is 11.5 Å². The average molecular weight is 338 g/mol. The molecule has 0 spiro atoms. The highest BCUT2D eigenvalue weighted by Gasteiger charge is 2.48. The van der Waals surface area contributed by atoms with Crippen LogP contribution >= 0.6 is 0 Å². The Balaban J connectivity index is 1.52. The van der Waals surface area contributed by atoms with Crippen molar-refractivity contribution in [1.29, 1.82) is 0 Å². The smallest absolute Gasteiger partial charge is 0.228 e. The third-order valence-corrected chi connectivity index (χ3v) is 4.00. The van der Waals surface area contributed by atoms with Crippen LogP contribution in [0.2, 0.25) is 0 Å².